The van der Waals surface area contributed by atoms with Crippen LogP contribution in [0.25, 0.3) is 5.70 Å². The zero-order chi connectivity index (χ0) is 16.7. The topological polar surface area (TPSA) is 42.7 Å². The van der Waals surface area contributed by atoms with Gasteiger partial charge in [-0.15, -0.1) is 0 Å². The van der Waals surface area contributed by atoms with E-state index in [9.17, 15) is 0 Å². The molecule has 0 fully saturated rings. The third-order valence-electron chi connectivity index (χ3n) is 4.31. The number of aromatic nitrogens is 3. The molecule has 1 aromatic heterocycles. The number of anilines is 1. The highest BCUT2D eigenvalue weighted by atomic mass is 35.5. The number of hydrogen-bond donors (Lipinski definition) is 1. The van der Waals surface area contributed by atoms with E-state index < -0.39 is 0 Å². The van der Waals surface area contributed by atoms with E-state index >= 15 is 0 Å². The van der Waals surface area contributed by atoms with Crippen LogP contribution in [0, 0.1) is 13.8 Å². The number of allylic oxidation sites excluding steroid dienone is 1. The molecule has 1 aliphatic heterocycles. The van der Waals surface area contributed by atoms with Crippen LogP contribution < -0.4 is 5.32 Å². The highest BCUT2D eigenvalue weighted by Gasteiger charge is 2.24. The molecule has 0 bridgehead atoms. The molecule has 5 heteroatoms. The average Bonchev–Trinajstić information content (AvgIpc) is 3.03. The Morgan fingerprint density at radius 2 is 1.88 bits per heavy atom. The second kappa shape index (κ2) is 5.80. The standard InChI is InChI=1S/C19H17ClN4/c1-12-3-8-16(13(2)9-12)18-10-17(14-4-6-15(20)7-5-14)23-19-21-11-22-24(18)19/h3-11,18H,1-2H3,(H,21,22,23). The van der Waals surface area contributed by atoms with Gasteiger partial charge in [0.25, 0.3) is 0 Å². The maximum atomic E-state index is 6.01. The van der Waals surface area contributed by atoms with Crippen LogP contribution in [0.5, 0.6) is 0 Å². The molecule has 1 atom stereocenters. The van der Waals surface area contributed by atoms with Crippen molar-refractivity contribution in [2.24, 2.45) is 0 Å². The fourth-order valence-corrected chi connectivity index (χ4v) is 3.24. The average molecular weight is 337 g/mol. The van der Waals surface area contributed by atoms with Gasteiger partial charge in [-0.25, -0.2) is 4.68 Å². The largest absolute Gasteiger partial charge is 0.324 e. The molecule has 1 aliphatic rings. The molecule has 120 valence electrons. The molecule has 2 heterocycles. The molecule has 1 N–H and O–H groups in total. The van der Waals surface area contributed by atoms with Gasteiger partial charge in [0.2, 0.25) is 5.95 Å². The first-order chi connectivity index (χ1) is 11.6. The highest BCUT2D eigenvalue weighted by molar-refractivity contribution is 6.30. The summed E-state index contributed by atoms with van der Waals surface area (Å²) in [5, 5.41) is 8.47. The summed E-state index contributed by atoms with van der Waals surface area (Å²) in [7, 11) is 0. The summed E-state index contributed by atoms with van der Waals surface area (Å²) in [5.74, 6) is 0.743. The van der Waals surface area contributed by atoms with Crippen molar-refractivity contribution in [1.82, 2.24) is 14.8 Å². The minimum Gasteiger partial charge on any atom is -0.324 e. The number of nitrogens with one attached hydrogen (secondary N) is 1. The van der Waals surface area contributed by atoms with Crippen molar-refractivity contribution in [3.05, 3.63) is 82.1 Å². The Hall–Kier alpha value is -2.59. The molecule has 3 aromatic rings. The van der Waals surface area contributed by atoms with E-state index in [-0.39, 0.29) is 6.04 Å². The first-order valence-electron chi connectivity index (χ1n) is 7.83. The van der Waals surface area contributed by atoms with Crippen molar-refractivity contribution in [2.45, 2.75) is 19.9 Å². The molecule has 4 nitrogen and oxygen atoms in total. The van der Waals surface area contributed by atoms with E-state index in [1.807, 2.05) is 28.9 Å². The Balaban J connectivity index is 1.83. The van der Waals surface area contributed by atoms with Gasteiger partial charge in [-0.2, -0.15) is 10.1 Å². The molecule has 1 unspecified atom stereocenters. The summed E-state index contributed by atoms with van der Waals surface area (Å²) >= 11 is 6.01. The Bertz CT molecular complexity index is 925. The lowest BCUT2D eigenvalue weighted by Gasteiger charge is -2.25. The fourth-order valence-electron chi connectivity index (χ4n) is 3.11. The van der Waals surface area contributed by atoms with Gasteiger partial charge in [0.05, 0.1) is 0 Å². The van der Waals surface area contributed by atoms with Gasteiger partial charge in [-0.05, 0) is 48.7 Å². The van der Waals surface area contributed by atoms with Crippen molar-refractivity contribution >= 4 is 23.2 Å². The predicted molar refractivity (Wildman–Crippen MR) is 97.1 cm³/mol. The molecular weight excluding hydrogens is 320 g/mol. The van der Waals surface area contributed by atoms with Gasteiger partial charge in [0.1, 0.15) is 12.4 Å². The smallest absolute Gasteiger partial charge is 0.226 e. The Morgan fingerprint density at radius 1 is 1.08 bits per heavy atom. The third-order valence-corrected chi connectivity index (χ3v) is 4.56. The number of fused-ring (bicyclic) bond motifs is 1. The minimum atomic E-state index is 0.00929. The lowest BCUT2D eigenvalue weighted by molar-refractivity contribution is 0.609. The van der Waals surface area contributed by atoms with E-state index in [2.05, 4.69) is 53.5 Å². The van der Waals surface area contributed by atoms with Crippen LogP contribution in [0.1, 0.15) is 28.3 Å². The summed E-state index contributed by atoms with van der Waals surface area (Å²) in [5.41, 5.74) is 5.81. The Labute approximate surface area is 145 Å². The lowest BCUT2D eigenvalue weighted by Crippen LogP contribution is -2.20. The molecule has 0 amide bonds. The summed E-state index contributed by atoms with van der Waals surface area (Å²) in [4.78, 5) is 4.35. The molecule has 0 saturated heterocycles. The second-order valence-electron chi connectivity index (χ2n) is 6.05. The maximum Gasteiger partial charge on any atom is 0.226 e. The monoisotopic (exact) mass is 336 g/mol. The van der Waals surface area contributed by atoms with Crippen LogP contribution in [0.3, 0.4) is 0 Å². The van der Waals surface area contributed by atoms with Gasteiger partial charge >= 0.3 is 0 Å². The van der Waals surface area contributed by atoms with Gasteiger partial charge in [-0.3, -0.25) is 0 Å². The van der Waals surface area contributed by atoms with Gasteiger partial charge < -0.3 is 5.32 Å². The van der Waals surface area contributed by atoms with Crippen molar-refractivity contribution in [3.63, 3.8) is 0 Å². The van der Waals surface area contributed by atoms with Crippen LogP contribution >= 0.6 is 11.6 Å². The summed E-state index contributed by atoms with van der Waals surface area (Å²) < 4.78 is 1.91. The van der Waals surface area contributed by atoms with Gasteiger partial charge in [0, 0.05) is 10.7 Å². The highest BCUT2D eigenvalue weighted by Crippen LogP contribution is 2.33. The van der Waals surface area contributed by atoms with E-state index in [1.54, 1.807) is 6.33 Å². The number of aryl methyl sites for hydroxylation is 2. The zero-order valence-corrected chi connectivity index (χ0v) is 14.2. The van der Waals surface area contributed by atoms with E-state index in [0.29, 0.717) is 0 Å². The number of nitrogens with zero attached hydrogens (tertiary/aromatic N) is 3. The van der Waals surface area contributed by atoms with Crippen molar-refractivity contribution in [2.75, 3.05) is 5.32 Å². The minimum absolute atomic E-state index is 0.00929. The van der Waals surface area contributed by atoms with E-state index in [4.69, 9.17) is 11.6 Å². The third kappa shape index (κ3) is 2.59. The van der Waals surface area contributed by atoms with Gasteiger partial charge in [-0.1, -0.05) is 47.5 Å². The molecule has 0 saturated carbocycles. The zero-order valence-electron chi connectivity index (χ0n) is 13.5. The molecule has 0 aliphatic carbocycles. The molecule has 4 rings (SSSR count). The predicted octanol–water partition coefficient (Wildman–Crippen LogP) is 4.60. The van der Waals surface area contributed by atoms with Crippen molar-refractivity contribution < 1.29 is 0 Å². The molecule has 24 heavy (non-hydrogen) atoms. The quantitative estimate of drug-likeness (QED) is 0.743. The van der Waals surface area contributed by atoms with Crippen LogP contribution in [0.4, 0.5) is 5.95 Å². The van der Waals surface area contributed by atoms with Crippen LogP contribution in [0.15, 0.2) is 54.9 Å². The van der Waals surface area contributed by atoms with Crippen LogP contribution in [0.2, 0.25) is 5.02 Å². The molecule has 0 radical (unpaired) electrons. The normalized spacial score (nSPS) is 16.3. The Morgan fingerprint density at radius 3 is 2.62 bits per heavy atom. The summed E-state index contributed by atoms with van der Waals surface area (Å²) in [6, 6.07) is 14.3. The SMILES string of the molecule is Cc1ccc(C2C=C(c3ccc(Cl)cc3)Nc3ncnn32)c(C)c1. The van der Waals surface area contributed by atoms with Crippen LogP contribution in [-0.2, 0) is 0 Å². The van der Waals surface area contributed by atoms with E-state index in [0.717, 1.165) is 22.2 Å². The first kappa shape index (κ1) is 15.0. The second-order valence-corrected chi connectivity index (χ2v) is 6.48. The Kier molecular flexibility index (Phi) is 3.62. The fraction of sp³-hybridized carbons (Fsp3) is 0.158. The lowest BCUT2D eigenvalue weighted by atomic mass is 9.96. The number of hydrogen-bond acceptors (Lipinski definition) is 3. The van der Waals surface area contributed by atoms with Crippen molar-refractivity contribution in [1.29, 1.82) is 0 Å². The van der Waals surface area contributed by atoms with Gasteiger partial charge in [0.15, 0.2) is 0 Å². The first-order valence-corrected chi connectivity index (χ1v) is 8.21. The number of rotatable bonds is 2. The van der Waals surface area contributed by atoms with E-state index in [1.165, 1.54) is 16.7 Å². The summed E-state index contributed by atoms with van der Waals surface area (Å²) in [6.07, 6.45) is 3.76. The van der Waals surface area contributed by atoms with Crippen molar-refractivity contribution in [3.8, 4) is 0 Å². The number of benzene rings is 2. The molecule has 0 spiro atoms. The maximum absolute atomic E-state index is 6.01. The number of halogens is 1. The molecule has 2 aromatic carbocycles. The summed E-state index contributed by atoms with van der Waals surface area (Å²) in [6.45, 7) is 4.24. The van der Waals surface area contributed by atoms with Crippen LogP contribution in [-0.4, -0.2) is 14.8 Å². The molecular formula is C19H17ClN4.